The van der Waals surface area contributed by atoms with Crippen LogP contribution < -0.4 is 15.8 Å². The second kappa shape index (κ2) is 5.93. The molecule has 19 heavy (non-hydrogen) atoms. The van der Waals surface area contributed by atoms with Crippen molar-refractivity contribution in [2.75, 3.05) is 20.0 Å². The molecule has 2 atom stereocenters. The first-order valence-corrected chi connectivity index (χ1v) is 6.42. The van der Waals surface area contributed by atoms with Gasteiger partial charge in [0, 0.05) is 24.4 Å². The normalized spacial score (nSPS) is 22.2. The van der Waals surface area contributed by atoms with Crippen molar-refractivity contribution in [2.24, 2.45) is 0 Å². The number of hydrogen-bond acceptors (Lipinski definition) is 4. The van der Waals surface area contributed by atoms with Gasteiger partial charge in [0.1, 0.15) is 5.75 Å². The quantitative estimate of drug-likeness (QED) is 0.810. The van der Waals surface area contributed by atoms with Crippen molar-refractivity contribution in [3.05, 3.63) is 23.8 Å². The fourth-order valence-electron chi connectivity index (χ4n) is 2.50. The number of nitrogens with two attached hydrogens (primary N) is 1. The topological polar surface area (TPSA) is 73.6 Å². The Hall–Kier alpha value is -1.75. The van der Waals surface area contributed by atoms with Gasteiger partial charge in [-0.3, -0.25) is 4.79 Å². The maximum atomic E-state index is 12.2. The van der Waals surface area contributed by atoms with Crippen LogP contribution >= 0.6 is 0 Å². The summed E-state index contributed by atoms with van der Waals surface area (Å²) >= 11 is 0. The van der Waals surface area contributed by atoms with Crippen LogP contribution in [0.1, 0.15) is 29.6 Å². The second-order valence-corrected chi connectivity index (χ2v) is 4.78. The highest BCUT2D eigenvalue weighted by Gasteiger charge is 2.28. The van der Waals surface area contributed by atoms with E-state index in [1.165, 1.54) is 0 Å². The molecule has 0 bridgehead atoms. The van der Waals surface area contributed by atoms with Gasteiger partial charge in [0.05, 0.1) is 19.3 Å². The summed E-state index contributed by atoms with van der Waals surface area (Å²) < 4.78 is 10.5. The average Bonchev–Trinajstić information content (AvgIpc) is 2.85. The summed E-state index contributed by atoms with van der Waals surface area (Å²) in [5.74, 6) is 0.444. The van der Waals surface area contributed by atoms with Gasteiger partial charge in [-0.25, -0.2) is 0 Å². The van der Waals surface area contributed by atoms with Crippen molar-refractivity contribution in [3.8, 4) is 5.75 Å². The van der Waals surface area contributed by atoms with E-state index in [0.717, 1.165) is 19.3 Å². The molecular formula is C14H20N2O3. The molecule has 1 fully saturated rings. The zero-order valence-corrected chi connectivity index (χ0v) is 11.3. The molecule has 3 N–H and O–H groups in total. The lowest BCUT2D eigenvalue weighted by Crippen LogP contribution is -2.40. The van der Waals surface area contributed by atoms with Gasteiger partial charge in [-0.05, 0) is 31.4 Å². The number of nitrogens with one attached hydrogen (secondary N) is 1. The van der Waals surface area contributed by atoms with Gasteiger partial charge in [0.25, 0.3) is 5.91 Å². The minimum atomic E-state index is -0.139. The van der Waals surface area contributed by atoms with Crippen LogP contribution in [0.4, 0.5) is 5.69 Å². The third kappa shape index (κ3) is 3.17. The fourth-order valence-corrected chi connectivity index (χ4v) is 2.50. The summed E-state index contributed by atoms with van der Waals surface area (Å²) in [5, 5.41) is 3.00. The molecule has 0 aromatic heterocycles. The Labute approximate surface area is 113 Å². The summed E-state index contributed by atoms with van der Waals surface area (Å²) in [6.07, 6.45) is 3.11. The maximum absolute atomic E-state index is 12.2. The molecule has 1 saturated carbocycles. The summed E-state index contributed by atoms with van der Waals surface area (Å²) in [6, 6.07) is 5.09. The molecule has 0 spiro atoms. The average molecular weight is 264 g/mol. The van der Waals surface area contributed by atoms with E-state index < -0.39 is 0 Å². The molecule has 0 heterocycles. The number of hydrogen-bond donors (Lipinski definition) is 2. The predicted octanol–water partition coefficient (Wildman–Crippen LogP) is 1.57. The Kier molecular flexibility index (Phi) is 4.27. The standard InChI is InChI=1S/C14H20N2O3/c1-18-11-7-9(6-10(15)8-11)14(17)16-12-4-3-5-13(12)19-2/h6-8,12-13H,3-5,15H2,1-2H3,(H,16,17). The first-order chi connectivity index (χ1) is 9.13. The van der Waals surface area contributed by atoms with Gasteiger partial charge < -0.3 is 20.5 Å². The number of methoxy groups -OCH3 is 2. The summed E-state index contributed by atoms with van der Waals surface area (Å²) in [6.45, 7) is 0. The van der Waals surface area contributed by atoms with Crippen LogP contribution in [0.3, 0.4) is 0 Å². The van der Waals surface area contributed by atoms with E-state index in [1.54, 1.807) is 32.4 Å². The Morgan fingerprint density at radius 1 is 1.32 bits per heavy atom. The zero-order valence-electron chi connectivity index (χ0n) is 11.3. The van der Waals surface area contributed by atoms with Crippen LogP contribution in [-0.4, -0.2) is 32.3 Å². The number of rotatable bonds is 4. The number of anilines is 1. The highest BCUT2D eigenvalue weighted by Crippen LogP contribution is 2.23. The van der Waals surface area contributed by atoms with Crippen molar-refractivity contribution >= 4 is 11.6 Å². The SMILES string of the molecule is COc1cc(N)cc(C(=O)NC2CCCC2OC)c1. The molecule has 0 saturated heterocycles. The molecule has 5 nitrogen and oxygen atoms in total. The molecular weight excluding hydrogens is 244 g/mol. The molecule has 1 aromatic carbocycles. The lowest BCUT2D eigenvalue weighted by atomic mass is 10.1. The summed E-state index contributed by atoms with van der Waals surface area (Å²) in [4.78, 5) is 12.2. The highest BCUT2D eigenvalue weighted by atomic mass is 16.5. The smallest absolute Gasteiger partial charge is 0.251 e. The van der Waals surface area contributed by atoms with Crippen LogP contribution in [-0.2, 0) is 4.74 Å². The van der Waals surface area contributed by atoms with Crippen LogP contribution in [0.15, 0.2) is 18.2 Å². The molecule has 2 unspecified atom stereocenters. The number of benzene rings is 1. The van der Waals surface area contributed by atoms with Crippen LogP contribution in [0, 0.1) is 0 Å². The third-order valence-corrected chi connectivity index (χ3v) is 3.50. The van der Waals surface area contributed by atoms with Gasteiger partial charge in [-0.2, -0.15) is 0 Å². The number of carbonyl (C=O) groups is 1. The minimum absolute atomic E-state index is 0.0740. The van der Waals surface area contributed by atoms with Crippen molar-refractivity contribution in [1.29, 1.82) is 0 Å². The zero-order chi connectivity index (χ0) is 13.8. The van der Waals surface area contributed by atoms with Crippen molar-refractivity contribution in [3.63, 3.8) is 0 Å². The Morgan fingerprint density at radius 3 is 2.79 bits per heavy atom. The fraction of sp³-hybridized carbons (Fsp3) is 0.500. The molecule has 1 aromatic rings. The van der Waals surface area contributed by atoms with Crippen LogP contribution in [0.25, 0.3) is 0 Å². The van der Waals surface area contributed by atoms with Gasteiger partial charge in [-0.15, -0.1) is 0 Å². The van der Waals surface area contributed by atoms with Gasteiger partial charge in [-0.1, -0.05) is 0 Å². The largest absolute Gasteiger partial charge is 0.497 e. The lowest BCUT2D eigenvalue weighted by Gasteiger charge is -2.19. The molecule has 1 amide bonds. The summed E-state index contributed by atoms with van der Waals surface area (Å²) in [7, 11) is 3.23. The second-order valence-electron chi connectivity index (χ2n) is 4.78. The first-order valence-electron chi connectivity index (χ1n) is 6.42. The lowest BCUT2D eigenvalue weighted by molar-refractivity contribution is 0.0722. The summed E-state index contributed by atoms with van der Waals surface area (Å²) in [5.41, 5.74) is 6.78. The molecule has 104 valence electrons. The van der Waals surface area contributed by atoms with E-state index in [4.69, 9.17) is 15.2 Å². The Morgan fingerprint density at radius 2 is 2.11 bits per heavy atom. The predicted molar refractivity (Wildman–Crippen MR) is 73.3 cm³/mol. The van der Waals surface area contributed by atoms with E-state index in [1.807, 2.05) is 0 Å². The van der Waals surface area contributed by atoms with E-state index >= 15 is 0 Å². The van der Waals surface area contributed by atoms with Crippen LogP contribution in [0.2, 0.25) is 0 Å². The molecule has 0 aliphatic heterocycles. The Bertz CT molecular complexity index is 462. The molecule has 2 rings (SSSR count). The van der Waals surface area contributed by atoms with E-state index in [0.29, 0.717) is 17.0 Å². The van der Waals surface area contributed by atoms with E-state index in [2.05, 4.69) is 5.32 Å². The molecule has 0 radical (unpaired) electrons. The molecule has 1 aliphatic carbocycles. The first kappa shape index (κ1) is 13.7. The van der Waals surface area contributed by atoms with Gasteiger partial charge >= 0.3 is 0 Å². The third-order valence-electron chi connectivity index (χ3n) is 3.50. The van der Waals surface area contributed by atoms with E-state index in [9.17, 15) is 4.79 Å². The van der Waals surface area contributed by atoms with E-state index in [-0.39, 0.29) is 18.1 Å². The van der Waals surface area contributed by atoms with Crippen molar-refractivity contribution < 1.29 is 14.3 Å². The van der Waals surface area contributed by atoms with Crippen molar-refractivity contribution in [1.82, 2.24) is 5.32 Å². The Balaban J connectivity index is 2.09. The monoisotopic (exact) mass is 264 g/mol. The number of carbonyl (C=O) groups excluding carboxylic acids is 1. The highest BCUT2D eigenvalue weighted by molar-refractivity contribution is 5.95. The number of nitrogen functional groups attached to an aromatic ring is 1. The van der Waals surface area contributed by atoms with Gasteiger partial charge in [0.15, 0.2) is 0 Å². The van der Waals surface area contributed by atoms with Crippen molar-refractivity contribution in [2.45, 2.75) is 31.4 Å². The maximum Gasteiger partial charge on any atom is 0.251 e. The minimum Gasteiger partial charge on any atom is -0.497 e. The molecule has 5 heteroatoms. The molecule has 1 aliphatic rings. The number of ether oxygens (including phenoxy) is 2. The van der Waals surface area contributed by atoms with Crippen LogP contribution in [0.5, 0.6) is 5.75 Å². The number of amides is 1. The van der Waals surface area contributed by atoms with Gasteiger partial charge in [0.2, 0.25) is 0 Å².